The third kappa shape index (κ3) is 4.62. The van der Waals surface area contributed by atoms with Crippen LogP contribution in [0.4, 0.5) is 17.6 Å². The van der Waals surface area contributed by atoms with Gasteiger partial charge in [0.1, 0.15) is 5.75 Å². The van der Waals surface area contributed by atoms with Gasteiger partial charge in [-0.05, 0) is 0 Å². The predicted molar refractivity (Wildman–Crippen MR) is 76.8 cm³/mol. The minimum atomic E-state index is -1.46. The molecule has 138 valence electrons. The fourth-order valence-corrected chi connectivity index (χ4v) is 1.76. The predicted octanol–water partition coefficient (Wildman–Crippen LogP) is 2.86. The maximum absolute atomic E-state index is 13.6. The number of hydrogen-bond donors (Lipinski definition) is 1. The molecule has 0 spiro atoms. The summed E-state index contributed by atoms with van der Waals surface area (Å²) in [5.74, 6) is -10.3. The van der Waals surface area contributed by atoms with E-state index in [9.17, 15) is 27.2 Å². The van der Waals surface area contributed by atoms with Gasteiger partial charge in [0.05, 0.1) is 0 Å². The summed E-state index contributed by atoms with van der Waals surface area (Å²) in [7, 11) is 0. The van der Waals surface area contributed by atoms with Crippen LogP contribution in [0.3, 0.4) is 0 Å². The fourth-order valence-electron chi connectivity index (χ4n) is 1.76. The number of benzene rings is 2. The number of carbonyl (C=O) groups excluding carboxylic acids is 2. The summed E-state index contributed by atoms with van der Waals surface area (Å²) >= 11 is 0. The van der Waals surface area contributed by atoms with E-state index in [4.69, 9.17) is 9.84 Å². The van der Waals surface area contributed by atoms with Gasteiger partial charge in [-0.2, -0.15) is 4.39 Å². The average molecular weight is 374 g/mol. The Morgan fingerprint density at radius 1 is 0.923 bits per heavy atom. The van der Waals surface area contributed by atoms with Crippen LogP contribution in [-0.2, 0) is 9.59 Å². The summed E-state index contributed by atoms with van der Waals surface area (Å²) in [4.78, 5) is 22.4. The summed E-state index contributed by atoms with van der Waals surface area (Å²) in [6.45, 7) is 0.0449. The zero-order valence-electron chi connectivity index (χ0n) is 13.0. The van der Waals surface area contributed by atoms with Crippen LogP contribution in [0.15, 0.2) is 24.3 Å². The number of esters is 2. The molecule has 10 heteroatoms. The number of carbonyl (C=O) groups is 2. The van der Waals surface area contributed by atoms with Crippen molar-refractivity contribution in [2.75, 3.05) is 6.61 Å². The van der Waals surface area contributed by atoms with Crippen molar-refractivity contribution in [1.82, 2.24) is 0 Å². The Bertz CT molecular complexity index is 868. The van der Waals surface area contributed by atoms with Crippen LogP contribution < -0.4 is 14.2 Å². The van der Waals surface area contributed by atoms with Crippen molar-refractivity contribution < 1.29 is 46.5 Å². The second-order valence-corrected chi connectivity index (χ2v) is 4.81. The second-order valence-electron chi connectivity index (χ2n) is 4.81. The Kier molecular flexibility index (Phi) is 5.65. The van der Waals surface area contributed by atoms with E-state index >= 15 is 0 Å². The number of phenolic OH excluding ortho intramolecular Hbond substituents is 1. The lowest BCUT2D eigenvalue weighted by Crippen LogP contribution is -2.19. The van der Waals surface area contributed by atoms with Crippen LogP contribution in [0.2, 0.25) is 0 Å². The SMILES string of the molecule is CC(=O)Oc1cc(F)c(F)c(OCC(=O)Oc2cc(O)c(F)cc2F)c1. The molecule has 1 N–H and O–H groups in total. The first-order valence-electron chi connectivity index (χ1n) is 6.86. The molecule has 2 rings (SSSR count). The van der Waals surface area contributed by atoms with Gasteiger partial charge in [0.2, 0.25) is 5.82 Å². The first-order chi connectivity index (χ1) is 12.2. The van der Waals surface area contributed by atoms with E-state index in [1.54, 1.807) is 0 Å². The molecule has 0 fully saturated rings. The first-order valence-corrected chi connectivity index (χ1v) is 6.86. The molecule has 0 radical (unpaired) electrons. The molecule has 2 aromatic carbocycles. The van der Waals surface area contributed by atoms with Crippen LogP contribution in [0.1, 0.15) is 6.92 Å². The number of halogens is 4. The van der Waals surface area contributed by atoms with Crippen molar-refractivity contribution in [3.05, 3.63) is 47.5 Å². The normalized spacial score (nSPS) is 10.3. The molecule has 0 aliphatic rings. The molecular weight excluding hydrogens is 364 g/mol. The molecular formula is C16H10F4O6. The molecule has 26 heavy (non-hydrogen) atoms. The van der Waals surface area contributed by atoms with Crippen LogP contribution in [-0.4, -0.2) is 23.7 Å². The monoisotopic (exact) mass is 374 g/mol. The summed E-state index contributed by atoms with van der Waals surface area (Å²) in [5.41, 5.74) is 0. The molecule has 0 unspecified atom stereocenters. The Morgan fingerprint density at radius 2 is 1.62 bits per heavy atom. The van der Waals surface area contributed by atoms with Crippen molar-refractivity contribution >= 4 is 11.9 Å². The van der Waals surface area contributed by atoms with E-state index in [2.05, 4.69) is 9.47 Å². The highest BCUT2D eigenvalue weighted by Gasteiger charge is 2.18. The number of phenols is 1. The molecule has 2 aromatic rings. The maximum atomic E-state index is 13.6. The van der Waals surface area contributed by atoms with Crippen molar-refractivity contribution in [3.63, 3.8) is 0 Å². The van der Waals surface area contributed by atoms with Crippen molar-refractivity contribution in [2.24, 2.45) is 0 Å². The molecule has 0 heterocycles. The third-order valence-corrected chi connectivity index (χ3v) is 2.80. The molecule has 0 saturated heterocycles. The molecule has 0 aliphatic heterocycles. The van der Waals surface area contributed by atoms with Gasteiger partial charge in [-0.1, -0.05) is 0 Å². The molecule has 0 aliphatic carbocycles. The summed E-state index contributed by atoms with van der Waals surface area (Å²) < 4.78 is 67.2. The number of hydrogen-bond acceptors (Lipinski definition) is 6. The van der Waals surface area contributed by atoms with Crippen LogP contribution >= 0.6 is 0 Å². The Hall–Kier alpha value is -3.30. The van der Waals surface area contributed by atoms with E-state index in [-0.39, 0.29) is 11.8 Å². The highest BCUT2D eigenvalue weighted by molar-refractivity contribution is 5.74. The van der Waals surface area contributed by atoms with Gasteiger partial charge in [-0.3, -0.25) is 4.79 Å². The first kappa shape index (κ1) is 19.0. The van der Waals surface area contributed by atoms with Gasteiger partial charge >= 0.3 is 11.9 Å². The lowest BCUT2D eigenvalue weighted by Gasteiger charge is -2.10. The molecule has 0 atom stereocenters. The van der Waals surface area contributed by atoms with Crippen molar-refractivity contribution in [3.8, 4) is 23.0 Å². The Morgan fingerprint density at radius 3 is 2.27 bits per heavy atom. The van der Waals surface area contributed by atoms with E-state index in [1.807, 2.05) is 0 Å². The van der Waals surface area contributed by atoms with Gasteiger partial charge in [0.25, 0.3) is 0 Å². The molecule has 0 saturated carbocycles. The Balaban J connectivity index is 2.08. The smallest absolute Gasteiger partial charge is 0.349 e. The zero-order chi connectivity index (χ0) is 19.4. The van der Waals surface area contributed by atoms with Crippen molar-refractivity contribution in [1.29, 1.82) is 0 Å². The molecule has 0 amide bonds. The number of rotatable bonds is 5. The van der Waals surface area contributed by atoms with E-state index in [0.29, 0.717) is 12.1 Å². The summed E-state index contributed by atoms with van der Waals surface area (Å²) in [6, 6.07) is 2.22. The topological polar surface area (TPSA) is 82.1 Å². The van der Waals surface area contributed by atoms with Gasteiger partial charge in [-0.25, -0.2) is 18.0 Å². The fraction of sp³-hybridized carbons (Fsp3) is 0.125. The van der Waals surface area contributed by atoms with Crippen LogP contribution in [0.25, 0.3) is 0 Å². The number of ether oxygens (including phenoxy) is 3. The van der Waals surface area contributed by atoms with E-state index in [1.165, 1.54) is 0 Å². The van der Waals surface area contributed by atoms with E-state index < -0.39 is 59.1 Å². The maximum Gasteiger partial charge on any atom is 0.349 e. The summed E-state index contributed by atoms with van der Waals surface area (Å²) in [5, 5.41) is 9.12. The van der Waals surface area contributed by atoms with Crippen molar-refractivity contribution in [2.45, 2.75) is 6.92 Å². The number of aromatic hydroxyl groups is 1. The molecule has 0 bridgehead atoms. The van der Waals surface area contributed by atoms with Gasteiger partial charge in [-0.15, -0.1) is 0 Å². The van der Waals surface area contributed by atoms with Gasteiger partial charge < -0.3 is 19.3 Å². The third-order valence-electron chi connectivity index (χ3n) is 2.80. The highest BCUT2D eigenvalue weighted by atomic mass is 19.2. The highest BCUT2D eigenvalue weighted by Crippen LogP contribution is 2.28. The lowest BCUT2D eigenvalue weighted by molar-refractivity contribution is -0.137. The average Bonchev–Trinajstić information content (AvgIpc) is 2.54. The van der Waals surface area contributed by atoms with Gasteiger partial charge in [0.15, 0.2) is 41.3 Å². The minimum absolute atomic E-state index is 0.288. The lowest BCUT2D eigenvalue weighted by atomic mass is 10.3. The van der Waals surface area contributed by atoms with Crippen LogP contribution in [0.5, 0.6) is 23.0 Å². The van der Waals surface area contributed by atoms with E-state index in [0.717, 1.165) is 13.0 Å². The summed E-state index contributed by atoms with van der Waals surface area (Å²) in [6.07, 6.45) is 0. The van der Waals surface area contributed by atoms with Crippen LogP contribution in [0, 0.1) is 23.3 Å². The minimum Gasteiger partial charge on any atom is -0.505 e. The van der Waals surface area contributed by atoms with Gasteiger partial charge in [0, 0.05) is 31.2 Å². The quantitative estimate of drug-likeness (QED) is 0.492. The second kappa shape index (κ2) is 7.72. The standard InChI is InChI=1S/C16H10F4O6/c1-7(21)25-8-2-11(19)16(20)14(3-8)24-6-15(23)26-13-5-12(22)9(17)4-10(13)18/h2-5,22H,6H2,1H3. The molecule has 0 aromatic heterocycles. The molecule has 6 nitrogen and oxygen atoms in total. The largest absolute Gasteiger partial charge is 0.505 e. The Labute approximate surface area is 143 Å². The zero-order valence-corrected chi connectivity index (χ0v) is 13.0.